The highest BCUT2D eigenvalue weighted by Crippen LogP contribution is 2.17. The molecular formula is C13H7N. The van der Waals surface area contributed by atoms with Gasteiger partial charge in [0.1, 0.15) is 0 Å². The summed E-state index contributed by atoms with van der Waals surface area (Å²) >= 11 is 0. The summed E-state index contributed by atoms with van der Waals surface area (Å²) < 4.78 is 0. The Kier molecular flexibility index (Phi) is 1.51. The second-order valence-electron chi connectivity index (χ2n) is 3.22. The first-order chi connectivity index (χ1) is 6.93. The van der Waals surface area contributed by atoms with Gasteiger partial charge in [-0.15, -0.1) is 0 Å². The number of para-hydroxylation sites is 1. The van der Waals surface area contributed by atoms with Crippen LogP contribution in [0.3, 0.4) is 0 Å². The van der Waals surface area contributed by atoms with Crippen molar-refractivity contribution in [3.8, 4) is 0 Å². The fourth-order valence-electron chi connectivity index (χ4n) is 1.60. The molecule has 1 heteroatoms. The van der Waals surface area contributed by atoms with E-state index in [1.807, 2.05) is 30.3 Å². The van der Waals surface area contributed by atoms with Crippen molar-refractivity contribution in [3.63, 3.8) is 0 Å². The van der Waals surface area contributed by atoms with E-state index in [4.69, 9.17) is 0 Å². The molecule has 64 valence electrons. The molecule has 0 unspecified atom stereocenters. The largest absolute Gasteiger partial charge is 0.248 e. The van der Waals surface area contributed by atoms with Crippen LogP contribution in [0.1, 0.15) is 0 Å². The highest BCUT2D eigenvalue weighted by molar-refractivity contribution is 5.92. The third-order valence-electron chi connectivity index (χ3n) is 2.28. The van der Waals surface area contributed by atoms with Crippen LogP contribution in [0.5, 0.6) is 0 Å². The minimum Gasteiger partial charge on any atom is -0.248 e. The highest BCUT2D eigenvalue weighted by Gasteiger charge is 1.97. The van der Waals surface area contributed by atoms with Crippen molar-refractivity contribution in [2.45, 2.75) is 0 Å². The maximum absolute atomic E-state index is 4.53. The summed E-state index contributed by atoms with van der Waals surface area (Å²) in [6.07, 6.45) is 0. The van der Waals surface area contributed by atoms with Gasteiger partial charge in [0.05, 0.1) is 11.0 Å². The average molecular weight is 177 g/mol. The van der Waals surface area contributed by atoms with Crippen molar-refractivity contribution in [2.24, 2.45) is 0 Å². The molecule has 0 saturated carbocycles. The Bertz CT molecular complexity index is 494. The highest BCUT2D eigenvalue weighted by atomic mass is 14.7. The minimum absolute atomic E-state index is 0.974. The molecule has 0 aliphatic rings. The van der Waals surface area contributed by atoms with Gasteiger partial charge in [-0.1, -0.05) is 24.3 Å². The van der Waals surface area contributed by atoms with E-state index in [-0.39, 0.29) is 0 Å². The number of rotatable bonds is 0. The number of hydrogen-bond acceptors (Lipinski definition) is 1. The second-order valence-corrected chi connectivity index (χ2v) is 3.22. The molecule has 0 saturated heterocycles. The SMILES string of the molecule is [c]1[c]c2cc3ccccc3nc2cc1. The van der Waals surface area contributed by atoms with Crippen LogP contribution in [0.2, 0.25) is 0 Å². The third kappa shape index (κ3) is 1.06. The normalized spacial score (nSPS) is 10.9. The summed E-state index contributed by atoms with van der Waals surface area (Å²) in [6.45, 7) is 0. The lowest BCUT2D eigenvalue weighted by Crippen LogP contribution is -1.81. The number of nitrogens with zero attached hydrogens (tertiary/aromatic N) is 1. The topological polar surface area (TPSA) is 12.9 Å². The molecule has 1 aromatic heterocycles. The first-order valence-electron chi connectivity index (χ1n) is 4.51. The van der Waals surface area contributed by atoms with Crippen LogP contribution in [0.4, 0.5) is 0 Å². The van der Waals surface area contributed by atoms with Gasteiger partial charge in [-0.2, -0.15) is 0 Å². The van der Waals surface area contributed by atoms with Gasteiger partial charge in [-0.3, -0.25) is 0 Å². The zero-order chi connectivity index (χ0) is 9.38. The van der Waals surface area contributed by atoms with E-state index < -0.39 is 0 Å². The Morgan fingerprint density at radius 3 is 2.93 bits per heavy atom. The third-order valence-corrected chi connectivity index (χ3v) is 2.28. The molecule has 0 spiro atoms. The van der Waals surface area contributed by atoms with Gasteiger partial charge < -0.3 is 0 Å². The van der Waals surface area contributed by atoms with Gasteiger partial charge in [0.15, 0.2) is 0 Å². The van der Waals surface area contributed by atoms with E-state index >= 15 is 0 Å². The van der Waals surface area contributed by atoms with E-state index in [1.54, 1.807) is 0 Å². The van der Waals surface area contributed by atoms with E-state index in [2.05, 4.69) is 29.2 Å². The maximum Gasteiger partial charge on any atom is 0.0716 e. The predicted molar refractivity (Wildman–Crippen MR) is 56.9 cm³/mol. The van der Waals surface area contributed by atoms with Crippen molar-refractivity contribution in [1.82, 2.24) is 4.98 Å². The van der Waals surface area contributed by atoms with Crippen LogP contribution in [-0.2, 0) is 0 Å². The number of benzene rings is 2. The summed E-state index contributed by atoms with van der Waals surface area (Å²) in [6, 6.07) is 20.0. The zero-order valence-electron chi connectivity index (χ0n) is 7.49. The van der Waals surface area contributed by atoms with Gasteiger partial charge in [-0.25, -0.2) is 4.98 Å². The Labute approximate surface area is 82.0 Å². The van der Waals surface area contributed by atoms with Gasteiger partial charge in [0.25, 0.3) is 0 Å². The number of hydrogen-bond donors (Lipinski definition) is 0. The molecule has 3 rings (SSSR count). The Hall–Kier alpha value is -1.89. The fraction of sp³-hybridized carbons (Fsp3) is 0. The summed E-state index contributed by atoms with van der Waals surface area (Å²) in [7, 11) is 0. The molecular weight excluding hydrogens is 170 g/mol. The van der Waals surface area contributed by atoms with E-state index in [0.29, 0.717) is 0 Å². The summed E-state index contributed by atoms with van der Waals surface area (Å²) in [5, 5.41) is 2.17. The van der Waals surface area contributed by atoms with Crippen LogP contribution < -0.4 is 0 Å². The van der Waals surface area contributed by atoms with Crippen LogP contribution in [-0.4, -0.2) is 4.98 Å². The van der Waals surface area contributed by atoms with Crippen molar-refractivity contribution in [1.29, 1.82) is 0 Å². The van der Waals surface area contributed by atoms with Crippen molar-refractivity contribution in [3.05, 3.63) is 54.6 Å². The van der Waals surface area contributed by atoms with E-state index in [9.17, 15) is 0 Å². The van der Waals surface area contributed by atoms with Gasteiger partial charge in [-0.05, 0) is 24.3 Å². The molecule has 0 atom stereocenters. The van der Waals surface area contributed by atoms with Crippen LogP contribution in [0.25, 0.3) is 21.8 Å². The summed E-state index contributed by atoms with van der Waals surface area (Å²) in [4.78, 5) is 4.53. The minimum atomic E-state index is 0.974. The molecule has 0 amide bonds. The molecule has 1 nitrogen and oxygen atoms in total. The maximum atomic E-state index is 4.53. The second kappa shape index (κ2) is 2.81. The van der Waals surface area contributed by atoms with E-state index in [1.165, 1.54) is 0 Å². The monoisotopic (exact) mass is 177 g/mol. The van der Waals surface area contributed by atoms with Crippen molar-refractivity contribution in [2.75, 3.05) is 0 Å². The molecule has 3 aromatic rings. The first-order valence-corrected chi connectivity index (χ1v) is 4.51. The van der Waals surface area contributed by atoms with Crippen LogP contribution in [0.15, 0.2) is 42.5 Å². The van der Waals surface area contributed by atoms with Gasteiger partial charge >= 0.3 is 0 Å². The zero-order valence-corrected chi connectivity index (χ0v) is 7.49. The van der Waals surface area contributed by atoms with Crippen LogP contribution >= 0.6 is 0 Å². The van der Waals surface area contributed by atoms with Crippen LogP contribution in [0, 0.1) is 12.1 Å². The van der Waals surface area contributed by atoms with Crippen molar-refractivity contribution >= 4 is 21.8 Å². The molecule has 0 N–H and O–H groups in total. The predicted octanol–water partition coefficient (Wildman–Crippen LogP) is 2.99. The summed E-state index contributed by atoms with van der Waals surface area (Å²) in [5.74, 6) is 0. The summed E-state index contributed by atoms with van der Waals surface area (Å²) in [5.41, 5.74) is 2.00. The van der Waals surface area contributed by atoms with Gasteiger partial charge in [0.2, 0.25) is 0 Å². The molecule has 0 bridgehead atoms. The molecule has 14 heavy (non-hydrogen) atoms. The molecule has 2 aromatic carbocycles. The Balaban J connectivity index is 2.52. The van der Waals surface area contributed by atoms with Crippen molar-refractivity contribution < 1.29 is 0 Å². The fourth-order valence-corrected chi connectivity index (χ4v) is 1.60. The number of fused-ring (bicyclic) bond motifs is 2. The lowest BCUT2D eigenvalue weighted by atomic mass is 10.1. The number of aromatic nitrogens is 1. The standard InChI is InChI=1S/C13H7N/c1-3-7-12-10(5-1)9-11-6-2-4-8-13(11)14-12/h1,3-5,7-9H. The van der Waals surface area contributed by atoms with E-state index in [0.717, 1.165) is 21.8 Å². The smallest absolute Gasteiger partial charge is 0.0716 e. The first kappa shape index (κ1) is 7.51. The molecule has 0 fully saturated rings. The average Bonchev–Trinajstić information content (AvgIpc) is 2.26. The molecule has 1 heterocycles. The Morgan fingerprint density at radius 2 is 1.93 bits per heavy atom. The van der Waals surface area contributed by atoms with Gasteiger partial charge in [0, 0.05) is 16.8 Å². The molecule has 0 aliphatic carbocycles. The lowest BCUT2D eigenvalue weighted by molar-refractivity contribution is 1.49. The molecule has 0 aliphatic heterocycles. The lowest BCUT2D eigenvalue weighted by Gasteiger charge is -1.99. The molecule has 2 radical (unpaired) electrons. The Morgan fingerprint density at radius 1 is 1.00 bits per heavy atom. The quantitative estimate of drug-likeness (QED) is 0.481. The number of pyridine rings is 1.